The maximum absolute atomic E-state index is 13.3. The van der Waals surface area contributed by atoms with Crippen molar-refractivity contribution in [3.8, 4) is 56.4 Å². The van der Waals surface area contributed by atoms with E-state index in [9.17, 15) is 36.4 Å². The van der Waals surface area contributed by atoms with E-state index < -0.39 is 37.5 Å². The van der Waals surface area contributed by atoms with Crippen LogP contribution in [-0.4, -0.2) is 85.8 Å². The van der Waals surface area contributed by atoms with Gasteiger partial charge < -0.3 is 57.9 Å². The summed E-state index contributed by atoms with van der Waals surface area (Å²) in [5.41, 5.74) is 6.32. The Bertz CT molecular complexity index is 3150. The van der Waals surface area contributed by atoms with Gasteiger partial charge in [0.15, 0.2) is 0 Å². The van der Waals surface area contributed by atoms with E-state index in [1.54, 1.807) is 68.8 Å². The summed E-state index contributed by atoms with van der Waals surface area (Å²) in [7, 11) is 2.79. The molecule has 0 bridgehead atoms. The first kappa shape index (κ1) is 72.4. The summed E-state index contributed by atoms with van der Waals surface area (Å²) < 4.78 is 99.7. The summed E-state index contributed by atoms with van der Waals surface area (Å²) in [6, 6.07) is 36.1. The molecule has 0 aromatic heterocycles. The van der Waals surface area contributed by atoms with Crippen LogP contribution in [0.25, 0.3) is 33.4 Å². The molecule has 8 nitrogen and oxygen atoms in total. The van der Waals surface area contributed by atoms with E-state index in [-0.39, 0.29) is 52.6 Å². The van der Waals surface area contributed by atoms with E-state index in [2.05, 4.69) is 38.5 Å². The smallest absolute Gasteiger partial charge is 1.00 e. The van der Waals surface area contributed by atoms with Crippen LogP contribution in [0, 0.1) is 58.7 Å². The Hall–Kier alpha value is -4.64. The van der Waals surface area contributed by atoms with Crippen LogP contribution in [-0.2, 0) is 0 Å². The first-order valence-electron chi connectivity index (χ1n) is 22.7. The molecule has 0 amide bonds. The Labute approximate surface area is 512 Å². The third-order valence-corrected chi connectivity index (χ3v) is 12.7. The molecule has 0 radical (unpaired) electrons. The molecule has 4 N–H and O–H groups in total. The summed E-state index contributed by atoms with van der Waals surface area (Å²) in [4.78, 5) is 0. The van der Waals surface area contributed by atoms with Crippen LogP contribution in [0.4, 0.5) is 26.3 Å². The molecular weight excluding hydrogens is 1290 g/mol. The van der Waals surface area contributed by atoms with Crippen molar-refractivity contribution in [3.05, 3.63) is 216 Å². The largest absolute Gasteiger partial charge is 2.00 e. The summed E-state index contributed by atoms with van der Waals surface area (Å²) in [5.74, 6) is -0.916. The average Bonchev–Trinajstić information content (AvgIpc) is 3.37. The van der Waals surface area contributed by atoms with Crippen LogP contribution < -0.4 is 42.3 Å². The second kappa shape index (κ2) is 36.7. The van der Waals surface area contributed by atoms with Gasteiger partial charge in [-0.25, -0.2) is 26.3 Å². The number of ether oxygens (including phenoxy) is 4. The second-order valence-corrected chi connectivity index (χ2v) is 18.9. The van der Waals surface area contributed by atoms with Crippen LogP contribution >= 0.6 is 61.7 Å². The molecule has 0 fully saturated rings. The minimum Gasteiger partial charge on any atom is -1.00 e. The van der Waals surface area contributed by atoms with E-state index >= 15 is 0 Å². The zero-order valence-electron chi connectivity index (χ0n) is 43.9. The van der Waals surface area contributed by atoms with Gasteiger partial charge in [-0.1, -0.05) is 53.5 Å². The van der Waals surface area contributed by atoms with Gasteiger partial charge in [-0.2, -0.15) is 13.8 Å². The van der Waals surface area contributed by atoms with Gasteiger partial charge in [0.25, 0.3) is 0 Å². The minimum atomic E-state index is -1.83. The Morgan fingerprint density at radius 3 is 1.32 bits per heavy atom. The molecule has 8 aromatic rings. The number of hydrogen-bond donors (Lipinski definition) is 4. The number of aryl methyl sites for hydroxylation is 2. The molecule has 0 aliphatic carbocycles. The normalized spacial score (nSPS) is 9.75. The molecule has 0 saturated carbocycles. The van der Waals surface area contributed by atoms with Crippen molar-refractivity contribution in [1.29, 1.82) is 0 Å². The van der Waals surface area contributed by atoms with Crippen LogP contribution in [0.15, 0.2) is 150 Å². The predicted octanol–water partition coefficient (Wildman–Crippen LogP) is 10.8. The minimum absolute atomic E-state index is 0. The van der Waals surface area contributed by atoms with Crippen molar-refractivity contribution in [1.82, 2.24) is 0 Å². The number of methoxy groups -OCH3 is 4. The molecule has 0 saturated heterocycles. The molecule has 0 heterocycles. The molecule has 0 spiro atoms. The predicted molar refractivity (Wildman–Crippen MR) is 315 cm³/mol. The maximum atomic E-state index is 13.3. The number of hydrogen-bond acceptors (Lipinski definition) is 8. The van der Waals surface area contributed by atoms with Gasteiger partial charge in [-0.3, -0.25) is 0 Å². The van der Waals surface area contributed by atoms with Crippen molar-refractivity contribution in [3.63, 3.8) is 0 Å². The summed E-state index contributed by atoms with van der Waals surface area (Å²) in [6.45, 7) is 7.84. The number of benzene rings is 8. The molecule has 0 atom stereocenters. The molecule has 8 rings (SSSR count). The van der Waals surface area contributed by atoms with Crippen molar-refractivity contribution in [2.24, 2.45) is 0 Å². The van der Waals surface area contributed by atoms with Crippen LogP contribution in [0.2, 0.25) is 10.0 Å². The molecule has 0 aliphatic rings. The SMILES string of the molecule is COc1cc(-c2cccc(F)c2)c(C)cc1B(O)O.COc1cc(-c2cccc(F)c2)c(C)cc1I.COc1ccc(Cl)c(-c2cc(F)cc(F)c2)c1.COc1ccc(Cl)c(Br)c1.C[CH-]C.OB(O)c1cc(F)cc(F)c1.[Cl-].[Mg+2]. The van der Waals surface area contributed by atoms with Crippen molar-refractivity contribution in [2.45, 2.75) is 27.7 Å². The van der Waals surface area contributed by atoms with Gasteiger partial charge in [0, 0.05) is 32.7 Å². The van der Waals surface area contributed by atoms with E-state index in [1.807, 2.05) is 64.4 Å². The molecular formula is C57H53B2BrCl3F6IMgO8. The van der Waals surface area contributed by atoms with E-state index in [0.717, 1.165) is 71.1 Å². The van der Waals surface area contributed by atoms with Crippen LogP contribution in [0.3, 0.4) is 0 Å². The van der Waals surface area contributed by atoms with Crippen LogP contribution in [0.1, 0.15) is 25.0 Å². The molecule has 0 aliphatic heterocycles. The summed E-state index contributed by atoms with van der Waals surface area (Å²) in [6.07, 6.45) is 2.00. The fourth-order valence-electron chi connectivity index (χ4n) is 6.72. The van der Waals surface area contributed by atoms with Gasteiger partial charge >= 0.3 is 37.3 Å². The fourth-order valence-corrected chi connectivity index (χ4v) is 8.27. The molecule has 79 heavy (non-hydrogen) atoms. The third-order valence-electron chi connectivity index (χ3n) is 10.3. The third kappa shape index (κ3) is 23.8. The topological polar surface area (TPSA) is 118 Å². The monoisotopic (exact) mass is 1340 g/mol. The van der Waals surface area contributed by atoms with Gasteiger partial charge in [-0.05, 0) is 200 Å². The molecule has 414 valence electrons. The Morgan fingerprint density at radius 2 is 0.899 bits per heavy atom. The van der Waals surface area contributed by atoms with Gasteiger partial charge in [0.05, 0.1) is 37.0 Å². The Kier molecular flexibility index (Phi) is 33.6. The van der Waals surface area contributed by atoms with E-state index in [0.29, 0.717) is 44.2 Å². The number of halogens is 11. The second-order valence-electron chi connectivity index (χ2n) is 16.0. The maximum Gasteiger partial charge on any atom is 2.00 e. The zero-order valence-corrected chi connectivity index (χ0v) is 51.3. The van der Waals surface area contributed by atoms with E-state index in [4.69, 9.17) is 52.2 Å². The Balaban J connectivity index is 0.000000493. The van der Waals surface area contributed by atoms with Crippen molar-refractivity contribution in [2.75, 3.05) is 28.4 Å². The van der Waals surface area contributed by atoms with Crippen LogP contribution in [0.5, 0.6) is 23.0 Å². The van der Waals surface area contributed by atoms with Gasteiger partial charge in [0.1, 0.15) is 57.9 Å². The zero-order chi connectivity index (χ0) is 57.5. The molecule has 22 heteroatoms. The average molecular weight is 1340 g/mol. The standard InChI is InChI=1S/C14H14BFO3.C14H12FIO.C13H9ClF2O.C7H6BrClO.C6H5BF2O2.C3H7.ClH.Mg/c1-9-6-13(15(17)18)14(19-2)8-12(9)10-4-3-5-11(16)7-10;1-9-6-13(16)14(17-2)8-12(9)10-4-3-5-11(15)7-10;1-17-11-2-3-13(14)12(7-11)8-4-9(15)6-10(16)5-8;1-10-5-2-3-7(9)6(8)4-5;8-5-1-4(7(10)11)2-6(9)3-5;1-3-2;;/h3-8,17-18H,1-2H3;3-8H,1-2H3;2-7H,1H3;2-4H,1H3;1-3,10-11H;3H,1-2H3;1H;/q;;;;;-1;;+2/p-1. The van der Waals surface area contributed by atoms with Gasteiger partial charge in [0.2, 0.25) is 0 Å². The summed E-state index contributed by atoms with van der Waals surface area (Å²) >= 11 is 17.2. The fraction of sp³-hybridized carbons (Fsp3) is 0.140. The number of rotatable bonds is 9. The molecule has 8 aromatic carbocycles. The van der Waals surface area contributed by atoms with E-state index in [1.165, 1.54) is 50.6 Å². The first-order chi connectivity index (χ1) is 36.5. The quantitative estimate of drug-likeness (QED) is 0.0489. The summed E-state index contributed by atoms with van der Waals surface area (Å²) in [5, 5.41) is 36.7. The van der Waals surface area contributed by atoms with Crippen molar-refractivity contribution < 1.29 is 77.8 Å². The molecule has 0 unspecified atom stereocenters. The van der Waals surface area contributed by atoms with Gasteiger partial charge in [-0.15, -0.1) is 0 Å². The first-order valence-corrected chi connectivity index (χ1v) is 25.4. The Morgan fingerprint density at radius 1 is 0.481 bits per heavy atom. The van der Waals surface area contributed by atoms with Crippen molar-refractivity contribution >= 4 is 110 Å².